The average molecular weight is 280 g/mol. The van der Waals surface area contributed by atoms with Crippen LogP contribution in [0.25, 0.3) is 0 Å². The molecule has 1 nitrogen and oxygen atoms in total. The van der Waals surface area contributed by atoms with Gasteiger partial charge in [-0.15, -0.1) is 0 Å². The lowest BCUT2D eigenvalue weighted by Crippen LogP contribution is -2.29. The lowest BCUT2D eigenvalue weighted by molar-refractivity contribution is 0.289. The number of hydrogen-bond acceptors (Lipinski definition) is 1. The summed E-state index contributed by atoms with van der Waals surface area (Å²) in [6, 6.07) is 7.21. The fourth-order valence-corrected chi connectivity index (χ4v) is 3.41. The smallest absolute Gasteiger partial charge is 0.0326 e. The molecular formula is C14H18BrN. The van der Waals surface area contributed by atoms with Crippen molar-refractivity contribution < 1.29 is 0 Å². The van der Waals surface area contributed by atoms with Gasteiger partial charge in [-0.1, -0.05) is 34.5 Å². The van der Waals surface area contributed by atoms with Crippen LogP contribution in [0.1, 0.15) is 42.9 Å². The molecule has 0 saturated heterocycles. The number of hydrogen-bond donors (Lipinski definition) is 1. The van der Waals surface area contributed by atoms with E-state index in [1.165, 1.54) is 54.2 Å². The average Bonchev–Trinajstić information content (AvgIpc) is 2.61. The highest BCUT2D eigenvalue weighted by molar-refractivity contribution is 9.10. The summed E-state index contributed by atoms with van der Waals surface area (Å²) >= 11 is 3.65. The van der Waals surface area contributed by atoms with Gasteiger partial charge in [0.25, 0.3) is 0 Å². The molecule has 1 saturated carbocycles. The number of halogens is 1. The molecule has 0 aliphatic heterocycles. The summed E-state index contributed by atoms with van der Waals surface area (Å²) in [6.07, 6.45) is 6.80. The van der Waals surface area contributed by atoms with E-state index < -0.39 is 0 Å². The summed E-state index contributed by atoms with van der Waals surface area (Å²) in [4.78, 5) is 0. The van der Waals surface area contributed by atoms with E-state index in [4.69, 9.17) is 0 Å². The Hall–Kier alpha value is -0.340. The van der Waals surface area contributed by atoms with E-state index in [0.29, 0.717) is 6.04 Å². The molecule has 0 bridgehead atoms. The lowest BCUT2D eigenvalue weighted by Gasteiger charge is -2.27. The van der Waals surface area contributed by atoms with Gasteiger partial charge in [-0.25, -0.2) is 0 Å². The van der Waals surface area contributed by atoms with Crippen LogP contribution < -0.4 is 5.32 Å². The molecule has 1 unspecified atom stereocenters. The molecule has 1 atom stereocenters. The minimum Gasteiger partial charge on any atom is -0.310 e. The van der Waals surface area contributed by atoms with Crippen LogP contribution in [0, 0.1) is 5.92 Å². The summed E-state index contributed by atoms with van der Waals surface area (Å²) < 4.78 is 1.29. The van der Waals surface area contributed by atoms with Crippen molar-refractivity contribution in [3.05, 3.63) is 33.8 Å². The third-order valence-electron chi connectivity index (χ3n) is 4.09. The molecule has 1 N–H and O–H groups in total. The minimum absolute atomic E-state index is 0.605. The van der Waals surface area contributed by atoms with Crippen molar-refractivity contribution >= 4 is 15.9 Å². The first kappa shape index (κ1) is 10.8. The van der Waals surface area contributed by atoms with Crippen molar-refractivity contribution in [3.8, 4) is 0 Å². The van der Waals surface area contributed by atoms with E-state index in [-0.39, 0.29) is 0 Å². The number of nitrogens with one attached hydrogen (secondary N) is 1. The topological polar surface area (TPSA) is 12.0 Å². The summed E-state index contributed by atoms with van der Waals surface area (Å²) in [7, 11) is 0. The van der Waals surface area contributed by atoms with Gasteiger partial charge in [-0.2, -0.15) is 0 Å². The number of rotatable bonds is 3. The maximum Gasteiger partial charge on any atom is 0.0326 e. The van der Waals surface area contributed by atoms with Gasteiger partial charge in [-0.05, 0) is 55.3 Å². The first-order valence-corrected chi connectivity index (χ1v) is 7.14. The van der Waals surface area contributed by atoms with Crippen LogP contribution in [0.3, 0.4) is 0 Å². The van der Waals surface area contributed by atoms with Crippen molar-refractivity contribution in [2.45, 2.75) is 38.1 Å². The molecule has 2 heteroatoms. The number of benzene rings is 1. The summed E-state index contributed by atoms with van der Waals surface area (Å²) in [6.45, 7) is 1.22. The third-order valence-corrected chi connectivity index (χ3v) is 4.83. The molecule has 0 aromatic heterocycles. The predicted molar refractivity (Wildman–Crippen MR) is 70.5 cm³/mol. The molecule has 86 valence electrons. The van der Waals surface area contributed by atoms with Crippen LogP contribution >= 0.6 is 15.9 Å². The Morgan fingerprint density at radius 1 is 1.25 bits per heavy atom. The Labute approximate surface area is 106 Å². The second kappa shape index (κ2) is 4.50. The Morgan fingerprint density at radius 3 is 2.88 bits per heavy atom. The van der Waals surface area contributed by atoms with Crippen LogP contribution in [0.2, 0.25) is 0 Å². The Bertz CT molecular complexity index is 384. The van der Waals surface area contributed by atoms with Gasteiger partial charge in [0.2, 0.25) is 0 Å². The highest BCUT2D eigenvalue weighted by Crippen LogP contribution is 2.36. The van der Waals surface area contributed by atoms with Crippen molar-refractivity contribution in [2.24, 2.45) is 5.92 Å². The van der Waals surface area contributed by atoms with E-state index in [1.54, 1.807) is 0 Å². The van der Waals surface area contributed by atoms with Gasteiger partial charge >= 0.3 is 0 Å². The molecule has 1 fully saturated rings. The van der Waals surface area contributed by atoms with E-state index >= 15 is 0 Å². The van der Waals surface area contributed by atoms with Crippen LogP contribution in [0.4, 0.5) is 0 Å². The fraction of sp³-hybridized carbons (Fsp3) is 0.571. The maximum absolute atomic E-state index is 3.75. The van der Waals surface area contributed by atoms with Gasteiger partial charge in [0.1, 0.15) is 0 Å². The zero-order chi connectivity index (χ0) is 11.0. The normalized spacial score (nSPS) is 24.2. The van der Waals surface area contributed by atoms with Crippen molar-refractivity contribution in [3.63, 3.8) is 0 Å². The molecule has 0 amide bonds. The number of fused-ring (bicyclic) bond motifs is 1. The molecule has 0 heterocycles. The van der Waals surface area contributed by atoms with Crippen LogP contribution in [-0.2, 0) is 6.42 Å². The first-order valence-electron chi connectivity index (χ1n) is 6.35. The molecule has 0 spiro atoms. The van der Waals surface area contributed by atoms with Crippen molar-refractivity contribution in [1.82, 2.24) is 5.32 Å². The van der Waals surface area contributed by atoms with E-state index in [1.807, 2.05) is 0 Å². The second-order valence-electron chi connectivity index (χ2n) is 5.10. The molecule has 1 aromatic rings. The zero-order valence-electron chi connectivity index (χ0n) is 9.51. The molecule has 2 aliphatic carbocycles. The van der Waals surface area contributed by atoms with Crippen molar-refractivity contribution in [2.75, 3.05) is 6.54 Å². The quantitative estimate of drug-likeness (QED) is 0.887. The van der Waals surface area contributed by atoms with E-state index in [2.05, 4.69) is 39.4 Å². The van der Waals surface area contributed by atoms with Crippen LogP contribution in [0.15, 0.2) is 22.7 Å². The molecular weight excluding hydrogens is 262 g/mol. The maximum atomic E-state index is 3.75. The monoisotopic (exact) mass is 279 g/mol. The fourth-order valence-electron chi connectivity index (χ4n) is 2.83. The standard InChI is InChI=1S/C14H18BrN/c15-13-6-2-5-12-11(13)7-8-14(12)16-9-10-3-1-4-10/h2,5-6,10,14,16H,1,3-4,7-9H2. The Balaban J connectivity index is 1.68. The van der Waals surface area contributed by atoms with E-state index in [9.17, 15) is 0 Å². The van der Waals surface area contributed by atoms with Gasteiger partial charge < -0.3 is 5.32 Å². The predicted octanol–water partition coefficient (Wildman–Crippen LogP) is 3.83. The third kappa shape index (κ3) is 1.93. The molecule has 2 aliphatic rings. The first-order chi connectivity index (χ1) is 7.84. The summed E-state index contributed by atoms with van der Waals surface area (Å²) in [5.74, 6) is 0.955. The van der Waals surface area contributed by atoms with Crippen molar-refractivity contribution in [1.29, 1.82) is 0 Å². The largest absolute Gasteiger partial charge is 0.310 e. The van der Waals surface area contributed by atoms with Gasteiger partial charge in [0.15, 0.2) is 0 Å². The summed E-state index contributed by atoms with van der Waals surface area (Å²) in [5.41, 5.74) is 3.04. The van der Waals surface area contributed by atoms with Gasteiger partial charge in [0.05, 0.1) is 0 Å². The Morgan fingerprint density at radius 2 is 2.12 bits per heavy atom. The second-order valence-corrected chi connectivity index (χ2v) is 5.96. The minimum atomic E-state index is 0.605. The SMILES string of the molecule is Brc1cccc2c1CCC2NCC1CCC1. The van der Waals surface area contributed by atoms with Crippen LogP contribution in [0.5, 0.6) is 0 Å². The van der Waals surface area contributed by atoms with Gasteiger partial charge in [0, 0.05) is 10.5 Å². The van der Waals surface area contributed by atoms with Gasteiger partial charge in [-0.3, -0.25) is 0 Å². The highest BCUT2D eigenvalue weighted by Gasteiger charge is 2.25. The molecule has 3 rings (SSSR count). The zero-order valence-corrected chi connectivity index (χ0v) is 11.1. The lowest BCUT2D eigenvalue weighted by atomic mass is 9.85. The molecule has 16 heavy (non-hydrogen) atoms. The highest BCUT2D eigenvalue weighted by atomic mass is 79.9. The molecule has 1 aromatic carbocycles. The Kier molecular flexibility index (Phi) is 3.03. The van der Waals surface area contributed by atoms with E-state index in [0.717, 1.165) is 5.92 Å². The molecule has 0 radical (unpaired) electrons. The van der Waals surface area contributed by atoms with Crippen LogP contribution in [-0.4, -0.2) is 6.54 Å². The summed E-state index contributed by atoms with van der Waals surface area (Å²) in [5, 5.41) is 3.75.